The molecule has 1 saturated heterocycles. The molecule has 0 spiro atoms. The molecule has 27 heavy (non-hydrogen) atoms. The van der Waals surface area contributed by atoms with Gasteiger partial charge in [-0.1, -0.05) is 13.8 Å². The van der Waals surface area contributed by atoms with Crippen LogP contribution < -0.4 is 9.46 Å². The molecule has 0 saturated carbocycles. The fourth-order valence-corrected chi connectivity index (χ4v) is 4.32. The van der Waals surface area contributed by atoms with Gasteiger partial charge in [-0.25, -0.2) is 8.42 Å². The predicted octanol–water partition coefficient (Wildman–Crippen LogP) is 1.32. The van der Waals surface area contributed by atoms with E-state index in [1.807, 2.05) is 0 Å². The first kappa shape index (κ1) is 21.2. The Hall–Kier alpha value is -2.13. The minimum Gasteiger partial charge on any atom is -0.497 e. The van der Waals surface area contributed by atoms with E-state index >= 15 is 0 Å². The number of ether oxygens (including phenoxy) is 1. The number of nitrogens with one attached hydrogen (secondary N) is 1. The molecule has 8 nitrogen and oxygen atoms in total. The lowest BCUT2D eigenvalue weighted by Crippen LogP contribution is -2.51. The van der Waals surface area contributed by atoms with Gasteiger partial charge in [0.05, 0.1) is 17.4 Å². The molecule has 1 heterocycles. The molecule has 0 bridgehead atoms. The quantitative estimate of drug-likeness (QED) is 0.716. The lowest BCUT2D eigenvalue weighted by molar-refractivity contribution is -0.147. The van der Waals surface area contributed by atoms with Gasteiger partial charge in [-0.05, 0) is 43.5 Å². The summed E-state index contributed by atoms with van der Waals surface area (Å²) in [5.74, 6) is -1.15. The summed E-state index contributed by atoms with van der Waals surface area (Å²) >= 11 is 0. The molecular weight excluding hydrogens is 372 g/mol. The number of benzene rings is 1. The van der Waals surface area contributed by atoms with Crippen LogP contribution in [0.5, 0.6) is 5.75 Å². The van der Waals surface area contributed by atoms with Crippen molar-refractivity contribution in [2.45, 2.75) is 38.1 Å². The molecule has 0 unspecified atom stereocenters. The van der Waals surface area contributed by atoms with Gasteiger partial charge in [0.25, 0.3) is 0 Å². The zero-order valence-electron chi connectivity index (χ0n) is 15.9. The number of amides is 1. The number of carboxylic acids is 1. The third-order valence-corrected chi connectivity index (χ3v) is 6.34. The van der Waals surface area contributed by atoms with Crippen molar-refractivity contribution in [3.8, 4) is 5.75 Å². The Kier molecular flexibility index (Phi) is 6.16. The standard InChI is InChI=1S/C18H26N2O6S/c1-12(2)15(16(21)20-10-9-18(3,11-20)17(22)23)19-27(24,25)14-7-5-13(26-4)6-8-14/h5-8,12,15,19H,9-11H2,1-4H3,(H,22,23)/t15-,18-/m0/s1. The van der Waals surface area contributed by atoms with Crippen molar-refractivity contribution in [1.82, 2.24) is 9.62 Å². The number of aliphatic carboxylic acids is 1. The van der Waals surface area contributed by atoms with Gasteiger partial charge in [-0.15, -0.1) is 0 Å². The van der Waals surface area contributed by atoms with Crippen molar-refractivity contribution in [3.63, 3.8) is 0 Å². The average molecular weight is 398 g/mol. The lowest BCUT2D eigenvalue weighted by atomic mass is 9.90. The number of carboxylic acid groups (broad SMARTS) is 1. The maximum absolute atomic E-state index is 12.9. The Balaban J connectivity index is 2.19. The SMILES string of the molecule is COc1ccc(S(=O)(=O)N[C@H](C(=O)N2CC[C@](C)(C(=O)O)C2)C(C)C)cc1. The van der Waals surface area contributed by atoms with E-state index in [1.54, 1.807) is 20.8 Å². The molecule has 1 aromatic rings. The van der Waals surface area contributed by atoms with Crippen LogP contribution in [0.2, 0.25) is 0 Å². The summed E-state index contributed by atoms with van der Waals surface area (Å²) in [6.07, 6.45) is 0.337. The van der Waals surface area contributed by atoms with E-state index in [4.69, 9.17) is 4.74 Å². The van der Waals surface area contributed by atoms with Crippen molar-refractivity contribution < 1.29 is 27.9 Å². The number of hydrogen-bond acceptors (Lipinski definition) is 5. The maximum atomic E-state index is 12.9. The third-order valence-electron chi connectivity index (χ3n) is 4.89. The molecule has 0 radical (unpaired) electrons. The van der Waals surface area contributed by atoms with E-state index in [0.29, 0.717) is 12.2 Å². The van der Waals surface area contributed by atoms with Crippen LogP contribution in [0.4, 0.5) is 0 Å². The number of carbonyl (C=O) groups excluding carboxylic acids is 1. The summed E-state index contributed by atoms with van der Waals surface area (Å²) < 4.78 is 32.9. The smallest absolute Gasteiger partial charge is 0.311 e. The second-order valence-electron chi connectivity index (χ2n) is 7.39. The highest BCUT2D eigenvalue weighted by molar-refractivity contribution is 7.89. The zero-order valence-corrected chi connectivity index (χ0v) is 16.7. The number of likely N-dealkylation sites (tertiary alicyclic amines) is 1. The highest BCUT2D eigenvalue weighted by Gasteiger charge is 2.44. The van der Waals surface area contributed by atoms with Crippen LogP contribution >= 0.6 is 0 Å². The molecule has 1 aromatic carbocycles. The van der Waals surface area contributed by atoms with Crippen LogP contribution in [-0.2, 0) is 19.6 Å². The van der Waals surface area contributed by atoms with Crippen molar-refractivity contribution in [1.29, 1.82) is 0 Å². The van der Waals surface area contributed by atoms with E-state index < -0.39 is 33.4 Å². The first-order valence-corrected chi connectivity index (χ1v) is 10.2. The molecule has 9 heteroatoms. The first-order valence-electron chi connectivity index (χ1n) is 8.69. The molecular formula is C18H26N2O6S. The van der Waals surface area contributed by atoms with Crippen LogP contribution in [-0.4, -0.2) is 56.5 Å². The summed E-state index contributed by atoms with van der Waals surface area (Å²) in [5.41, 5.74) is -1.01. The molecule has 1 aliphatic rings. The minimum absolute atomic E-state index is 0.0264. The number of carbonyl (C=O) groups is 2. The highest BCUT2D eigenvalue weighted by Crippen LogP contribution is 2.31. The van der Waals surface area contributed by atoms with Gasteiger partial charge in [0, 0.05) is 13.1 Å². The second kappa shape index (κ2) is 7.85. The second-order valence-corrected chi connectivity index (χ2v) is 9.11. The average Bonchev–Trinajstić information content (AvgIpc) is 3.03. The number of methoxy groups -OCH3 is 1. The monoisotopic (exact) mass is 398 g/mol. The van der Waals surface area contributed by atoms with Crippen LogP contribution in [0.15, 0.2) is 29.2 Å². The van der Waals surface area contributed by atoms with Gasteiger partial charge in [-0.3, -0.25) is 9.59 Å². The molecule has 2 rings (SSSR count). The summed E-state index contributed by atoms with van der Waals surface area (Å²) in [6, 6.07) is 4.88. The van der Waals surface area contributed by atoms with Crippen LogP contribution in [0, 0.1) is 11.3 Å². The van der Waals surface area contributed by atoms with Crippen LogP contribution in [0.3, 0.4) is 0 Å². The van der Waals surface area contributed by atoms with E-state index in [0.717, 1.165) is 0 Å². The minimum atomic E-state index is -3.92. The van der Waals surface area contributed by atoms with Gasteiger partial charge in [0.2, 0.25) is 15.9 Å². The molecule has 1 fully saturated rings. The number of rotatable bonds is 7. The summed E-state index contributed by atoms with van der Waals surface area (Å²) in [6.45, 7) is 5.43. The van der Waals surface area contributed by atoms with Crippen LogP contribution in [0.1, 0.15) is 27.2 Å². The maximum Gasteiger partial charge on any atom is 0.311 e. The Labute approximate surface area is 159 Å². The molecule has 150 valence electrons. The Morgan fingerprint density at radius 1 is 1.26 bits per heavy atom. The van der Waals surface area contributed by atoms with Crippen molar-refractivity contribution in [3.05, 3.63) is 24.3 Å². The Morgan fingerprint density at radius 2 is 1.85 bits per heavy atom. The third kappa shape index (κ3) is 4.59. The van der Waals surface area contributed by atoms with E-state index in [2.05, 4.69) is 4.72 Å². The molecule has 2 atom stereocenters. The van der Waals surface area contributed by atoms with Gasteiger partial charge in [-0.2, -0.15) is 4.72 Å². The normalized spacial score (nSPS) is 21.3. The predicted molar refractivity (Wildman–Crippen MR) is 98.9 cm³/mol. The number of hydrogen-bond donors (Lipinski definition) is 2. The zero-order chi connectivity index (χ0) is 20.4. The topological polar surface area (TPSA) is 113 Å². The Bertz CT molecular complexity index is 806. The molecule has 1 amide bonds. The van der Waals surface area contributed by atoms with E-state index in [9.17, 15) is 23.1 Å². The fraction of sp³-hybridized carbons (Fsp3) is 0.556. The number of nitrogens with zero attached hydrogens (tertiary/aromatic N) is 1. The lowest BCUT2D eigenvalue weighted by Gasteiger charge is -2.27. The van der Waals surface area contributed by atoms with Gasteiger partial charge >= 0.3 is 5.97 Å². The summed E-state index contributed by atoms with van der Waals surface area (Å²) in [7, 11) is -2.44. The molecule has 0 aromatic heterocycles. The largest absolute Gasteiger partial charge is 0.497 e. The summed E-state index contributed by atoms with van der Waals surface area (Å²) in [4.78, 5) is 25.7. The Morgan fingerprint density at radius 3 is 2.30 bits per heavy atom. The van der Waals surface area contributed by atoms with Crippen molar-refractivity contribution in [2.75, 3.05) is 20.2 Å². The fourth-order valence-electron chi connectivity index (χ4n) is 2.98. The molecule has 2 N–H and O–H groups in total. The molecule has 1 aliphatic heterocycles. The van der Waals surface area contributed by atoms with Crippen LogP contribution in [0.25, 0.3) is 0 Å². The highest BCUT2D eigenvalue weighted by atomic mass is 32.2. The summed E-state index contributed by atoms with van der Waals surface area (Å²) in [5, 5.41) is 9.34. The number of sulfonamides is 1. The first-order chi connectivity index (χ1) is 12.5. The van der Waals surface area contributed by atoms with E-state index in [1.165, 1.54) is 36.3 Å². The van der Waals surface area contributed by atoms with Gasteiger partial charge in [0.15, 0.2) is 0 Å². The van der Waals surface area contributed by atoms with E-state index in [-0.39, 0.29) is 23.9 Å². The van der Waals surface area contributed by atoms with Gasteiger partial charge in [0.1, 0.15) is 11.8 Å². The van der Waals surface area contributed by atoms with Crippen molar-refractivity contribution in [2.24, 2.45) is 11.3 Å². The molecule has 0 aliphatic carbocycles. The van der Waals surface area contributed by atoms with Crippen molar-refractivity contribution >= 4 is 21.9 Å². The van der Waals surface area contributed by atoms with Gasteiger partial charge < -0.3 is 14.7 Å².